The maximum Gasteiger partial charge on any atom is 0.169 e. The fourth-order valence-corrected chi connectivity index (χ4v) is 6.78. The molecule has 0 aromatic carbocycles. The molecule has 0 amide bonds. The summed E-state index contributed by atoms with van der Waals surface area (Å²) < 4.78 is 2.51. The molecule has 1 unspecified atom stereocenters. The first-order valence-electron chi connectivity index (χ1n) is 19.8. The van der Waals surface area contributed by atoms with Crippen molar-refractivity contribution < 1.29 is 4.57 Å². The van der Waals surface area contributed by atoms with Gasteiger partial charge in [-0.05, 0) is 12.8 Å². The molecule has 0 saturated carbocycles. The van der Waals surface area contributed by atoms with Gasteiger partial charge >= 0.3 is 0 Å². The van der Waals surface area contributed by atoms with Crippen molar-refractivity contribution in [3.05, 3.63) is 30.6 Å². The number of hydrogen-bond donors (Lipinski definition) is 0. The fraction of sp³-hybridized carbons (Fsp3) is 0.878. The van der Waals surface area contributed by atoms with Crippen LogP contribution in [0.15, 0.2) is 30.6 Å². The molecule has 0 aliphatic heterocycles. The average Bonchev–Trinajstić information content (AvgIpc) is 3.02. The number of unbranched alkanes of at least 4 members (excludes halogenated alkanes) is 29. The van der Waals surface area contributed by atoms with Gasteiger partial charge in [-0.1, -0.05) is 206 Å². The van der Waals surface area contributed by atoms with Crippen LogP contribution in [0.1, 0.15) is 232 Å². The molecule has 0 N–H and O–H groups in total. The summed E-state index contributed by atoms with van der Waals surface area (Å²) in [4.78, 5) is 0. The van der Waals surface area contributed by atoms with Crippen molar-refractivity contribution in [3.8, 4) is 0 Å². The molecule has 0 bridgehead atoms. The molecule has 1 nitrogen and oxygen atoms in total. The van der Waals surface area contributed by atoms with Crippen LogP contribution in [0.4, 0.5) is 0 Å². The molecule has 1 heterocycles. The second-order valence-corrected chi connectivity index (χ2v) is 13.8. The fourth-order valence-electron chi connectivity index (χ4n) is 6.78. The van der Waals surface area contributed by atoms with Crippen LogP contribution in [0.25, 0.3) is 0 Å². The summed E-state index contributed by atoms with van der Waals surface area (Å²) in [6.45, 7) is 4.62. The van der Waals surface area contributed by atoms with E-state index in [0.29, 0.717) is 6.04 Å². The monoisotopic (exact) mass is 585 g/mol. The van der Waals surface area contributed by atoms with Gasteiger partial charge in [-0.3, -0.25) is 0 Å². The molecule has 0 saturated heterocycles. The minimum atomic E-state index is 0.708. The Morgan fingerprint density at radius 1 is 0.310 bits per heavy atom. The zero-order valence-electron chi connectivity index (χ0n) is 29.2. The van der Waals surface area contributed by atoms with Gasteiger partial charge in [0.1, 0.15) is 0 Å². The minimum absolute atomic E-state index is 0.708. The summed E-state index contributed by atoms with van der Waals surface area (Å²) in [6, 6.07) is 7.30. The lowest BCUT2D eigenvalue weighted by atomic mass is 9.99. The standard InChI is InChI=1S/C41H78N/c1-3-5-7-9-11-13-15-17-19-20-21-23-25-27-29-31-34-38-41(42-39-35-32-36-40-42)37-33-30-28-26-24-22-18-16-14-12-10-8-6-4-2/h32,35-36,39-41H,3-31,33-34,37-38H2,1-2H3/q+1. The van der Waals surface area contributed by atoms with Crippen LogP contribution in [-0.4, -0.2) is 0 Å². The van der Waals surface area contributed by atoms with E-state index in [9.17, 15) is 0 Å². The van der Waals surface area contributed by atoms with Gasteiger partial charge in [0.15, 0.2) is 18.4 Å². The third-order valence-corrected chi connectivity index (χ3v) is 9.69. The van der Waals surface area contributed by atoms with Crippen LogP contribution in [0.2, 0.25) is 0 Å². The van der Waals surface area contributed by atoms with Gasteiger partial charge in [-0.15, -0.1) is 0 Å². The van der Waals surface area contributed by atoms with E-state index in [-0.39, 0.29) is 0 Å². The lowest BCUT2D eigenvalue weighted by Gasteiger charge is -2.13. The quantitative estimate of drug-likeness (QED) is 0.0560. The molecule has 1 heteroatoms. The SMILES string of the molecule is CCCCCCCCCCCCCCCCCCCC(CCCCCCCCCCCCCCCC)[n+]1ccccc1. The highest BCUT2D eigenvalue weighted by atomic mass is 15.0. The Labute approximate surface area is 266 Å². The van der Waals surface area contributed by atoms with Crippen molar-refractivity contribution in [2.24, 2.45) is 0 Å². The van der Waals surface area contributed by atoms with Crippen molar-refractivity contribution in [1.29, 1.82) is 0 Å². The molecule has 42 heavy (non-hydrogen) atoms. The average molecular weight is 585 g/mol. The molecule has 0 aliphatic rings. The third-order valence-electron chi connectivity index (χ3n) is 9.69. The zero-order valence-corrected chi connectivity index (χ0v) is 29.2. The van der Waals surface area contributed by atoms with E-state index in [1.54, 1.807) is 0 Å². The van der Waals surface area contributed by atoms with Crippen LogP contribution >= 0.6 is 0 Å². The smallest absolute Gasteiger partial charge is 0.169 e. The normalized spacial score (nSPS) is 12.2. The lowest BCUT2D eigenvalue weighted by molar-refractivity contribution is -0.724. The van der Waals surface area contributed by atoms with Crippen molar-refractivity contribution in [3.63, 3.8) is 0 Å². The zero-order chi connectivity index (χ0) is 30.0. The second kappa shape index (κ2) is 33.1. The molecule has 0 radical (unpaired) electrons. The topological polar surface area (TPSA) is 3.88 Å². The van der Waals surface area contributed by atoms with Crippen LogP contribution in [0.5, 0.6) is 0 Å². The van der Waals surface area contributed by atoms with Crippen molar-refractivity contribution >= 4 is 0 Å². The van der Waals surface area contributed by atoms with Crippen LogP contribution in [0.3, 0.4) is 0 Å². The molecule has 1 aromatic heterocycles. The molecule has 1 aromatic rings. The van der Waals surface area contributed by atoms with Crippen molar-refractivity contribution in [2.75, 3.05) is 0 Å². The van der Waals surface area contributed by atoms with E-state index in [1.807, 2.05) is 0 Å². The molecular formula is C41H78N+. The number of nitrogens with zero attached hydrogens (tertiary/aromatic N) is 1. The van der Waals surface area contributed by atoms with Gasteiger partial charge in [0.05, 0.1) is 0 Å². The molecule has 246 valence electrons. The lowest BCUT2D eigenvalue weighted by Crippen LogP contribution is -2.38. The maximum absolute atomic E-state index is 2.51. The molecular weight excluding hydrogens is 506 g/mol. The minimum Gasteiger partial charge on any atom is -0.202 e. The molecule has 1 atom stereocenters. The molecule has 0 aliphatic carbocycles. The van der Waals surface area contributed by atoms with Crippen molar-refractivity contribution in [1.82, 2.24) is 0 Å². The van der Waals surface area contributed by atoms with E-state index < -0.39 is 0 Å². The Morgan fingerprint density at radius 2 is 0.548 bits per heavy atom. The van der Waals surface area contributed by atoms with Gasteiger partial charge in [-0.2, -0.15) is 0 Å². The van der Waals surface area contributed by atoms with E-state index >= 15 is 0 Å². The number of aromatic nitrogens is 1. The molecule has 0 fully saturated rings. The summed E-state index contributed by atoms with van der Waals surface area (Å²) in [7, 11) is 0. The van der Waals surface area contributed by atoms with Gasteiger partial charge in [0.25, 0.3) is 0 Å². The highest BCUT2D eigenvalue weighted by Crippen LogP contribution is 2.20. The van der Waals surface area contributed by atoms with Gasteiger partial charge < -0.3 is 0 Å². The van der Waals surface area contributed by atoms with Gasteiger partial charge in [-0.25, -0.2) is 4.57 Å². The molecule has 0 spiro atoms. The van der Waals surface area contributed by atoms with Crippen LogP contribution < -0.4 is 4.57 Å². The summed E-state index contributed by atoms with van der Waals surface area (Å²) in [5.41, 5.74) is 0. The van der Waals surface area contributed by atoms with E-state index in [4.69, 9.17) is 0 Å². The number of rotatable bonds is 34. The van der Waals surface area contributed by atoms with Crippen LogP contribution in [0, 0.1) is 0 Å². The Balaban J connectivity index is 1.96. The summed E-state index contributed by atoms with van der Waals surface area (Å²) in [5.74, 6) is 0. The molecule has 1 rings (SSSR count). The first-order chi connectivity index (χ1) is 20.9. The number of hydrogen-bond acceptors (Lipinski definition) is 0. The Hall–Kier alpha value is -0.850. The Morgan fingerprint density at radius 3 is 0.810 bits per heavy atom. The van der Waals surface area contributed by atoms with Gasteiger partial charge in [0, 0.05) is 25.0 Å². The highest BCUT2D eigenvalue weighted by molar-refractivity contribution is 4.84. The number of pyridine rings is 1. The summed E-state index contributed by atoms with van der Waals surface area (Å²) >= 11 is 0. The largest absolute Gasteiger partial charge is 0.202 e. The van der Waals surface area contributed by atoms with Crippen molar-refractivity contribution in [2.45, 2.75) is 232 Å². The summed E-state index contributed by atoms with van der Waals surface area (Å²) in [6.07, 6.45) is 52.4. The van der Waals surface area contributed by atoms with E-state index in [2.05, 4.69) is 49.0 Å². The predicted octanol–water partition coefficient (Wildman–Crippen LogP) is 14.4. The van der Waals surface area contributed by atoms with E-state index in [1.165, 1.54) is 212 Å². The summed E-state index contributed by atoms with van der Waals surface area (Å²) in [5, 5.41) is 0. The first kappa shape index (κ1) is 39.2. The second-order valence-electron chi connectivity index (χ2n) is 13.8. The van der Waals surface area contributed by atoms with Crippen LogP contribution in [-0.2, 0) is 0 Å². The van der Waals surface area contributed by atoms with Gasteiger partial charge in [0.2, 0.25) is 0 Å². The predicted molar refractivity (Wildman–Crippen MR) is 189 cm³/mol. The maximum atomic E-state index is 2.51. The van der Waals surface area contributed by atoms with E-state index in [0.717, 1.165) is 0 Å². The third kappa shape index (κ3) is 26.8. The Kier molecular flexibility index (Phi) is 30.8. The Bertz CT molecular complexity index is 611. The highest BCUT2D eigenvalue weighted by Gasteiger charge is 2.17. The first-order valence-corrected chi connectivity index (χ1v) is 19.8.